The number of carbonyl (C=O) groups excluding carboxylic acids is 1. The van der Waals surface area contributed by atoms with Gasteiger partial charge in [-0.05, 0) is 55.6 Å². The van der Waals surface area contributed by atoms with Gasteiger partial charge >= 0.3 is 0 Å². The molecular weight excluding hydrogens is 434 g/mol. The lowest BCUT2D eigenvalue weighted by Crippen LogP contribution is -2.21. The first kappa shape index (κ1) is 20.1. The number of hydrogen-bond acceptors (Lipinski definition) is 6. The van der Waals surface area contributed by atoms with Crippen molar-refractivity contribution in [1.82, 2.24) is 20.2 Å². The average Bonchev–Trinajstić information content (AvgIpc) is 3.44. The third kappa shape index (κ3) is 4.32. The number of pyridine rings is 1. The van der Waals surface area contributed by atoms with Crippen LogP contribution < -0.4 is 10.1 Å². The Bertz CT molecular complexity index is 1220. The van der Waals surface area contributed by atoms with Crippen LogP contribution in [0.15, 0.2) is 52.6 Å². The molecule has 2 aromatic heterocycles. The normalized spacial score (nSPS) is 22.0. The molecule has 2 aliphatic heterocycles. The summed E-state index contributed by atoms with van der Waals surface area (Å²) in [5.41, 5.74) is 2.27. The number of H-pyrrole nitrogens is 1. The SMILES string of the molecule is CN1CCC(Oc2ccc(/N=C3/NC(=O)/C(=C/c4c[nH]c5ncccc45)S3)c(Cl)c2)C1. The van der Waals surface area contributed by atoms with E-state index in [1.165, 1.54) is 11.8 Å². The van der Waals surface area contributed by atoms with Crippen LogP contribution in [0.25, 0.3) is 17.1 Å². The summed E-state index contributed by atoms with van der Waals surface area (Å²) in [6, 6.07) is 9.28. The summed E-state index contributed by atoms with van der Waals surface area (Å²) >= 11 is 7.71. The first-order chi connectivity index (χ1) is 15.0. The van der Waals surface area contributed by atoms with Crippen molar-refractivity contribution in [2.45, 2.75) is 12.5 Å². The van der Waals surface area contributed by atoms with Gasteiger partial charge in [0.2, 0.25) is 0 Å². The molecule has 5 rings (SSSR count). The summed E-state index contributed by atoms with van der Waals surface area (Å²) in [7, 11) is 2.08. The molecule has 1 atom stereocenters. The van der Waals surface area contributed by atoms with E-state index in [4.69, 9.17) is 16.3 Å². The number of rotatable bonds is 4. The van der Waals surface area contributed by atoms with Gasteiger partial charge < -0.3 is 19.9 Å². The second-order valence-electron chi connectivity index (χ2n) is 7.53. The predicted octanol–water partition coefficient (Wildman–Crippen LogP) is 4.19. The largest absolute Gasteiger partial charge is 0.489 e. The second-order valence-corrected chi connectivity index (χ2v) is 8.97. The van der Waals surface area contributed by atoms with Crippen LogP contribution in [0, 0.1) is 0 Å². The van der Waals surface area contributed by atoms with Crippen LogP contribution in [0.4, 0.5) is 5.69 Å². The fraction of sp³-hybridized carbons (Fsp3) is 0.227. The number of ether oxygens (including phenoxy) is 1. The maximum Gasteiger partial charge on any atom is 0.264 e. The Balaban J connectivity index is 1.33. The van der Waals surface area contributed by atoms with Crippen molar-refractivity contribution in [3.63, 3.8) is 0 Å². The predicted molar refractivity (Wildman–Crippen MR) is 125 cm³/mol. The number of nitrogens with one attached hydrogen (secondary N) is 2. The molecule has 158 valence electrons. The molecule has 0 spiro atoms. The van der Waals surface area contributed by atoms with Crippen LogP contribution in [-0.2, 0) is 4.79 Å². The van der Waals surface area contributed by atoms with Crippen molar-refractivity contribution in [2.75, 3.05) is 20.1 Å². The Kier molecular flexibility index (Phi) is 5.43. The third-order valence-corrected chi connectivity index (χ3v) is 6.43. The third-order valence-electron chi connectivity index (χ3n) is 5.21. The highest BCUT2D eigenvalue weighted by Gasteiger charge is 2.25. The van der Waals surface area contributed by atoms with E-state index in [2.05, 4.69) is 32.2 Å². The van der Waals surface area contributed by atoms with Gasteiger partial charge in [0.25, 0.3) is 5.91 Å². The number of fused-ring (bicyclic) bond motifs is 1. The lowest BCUT2D eigenvalue weighted by atomic mass is 10.2. The average molecular weight is 454 g/mol. The molecule has 2 saturated heterocycles. The molecule has 2 N–H and O–H groups in total. The number of nitrogens with zero attached hydrogens (tertiary/aromatic N) is 3. The summed E-state index contributed by atoms with van der Waals surface area (Å²) in [6.45, 7) is 1.94. The Labute approximate surface area is 188 Å². The van der Waals surface area contributed by atoms with Crippen molar-refractivity contribution in [3.05, 3.63) is 58.2 Å². The minimum atomic E-state index is -0.191. The van der Waals surface area contributed by atoms with E-state index in [-0.39, 0.29) is 12.0 Å². The molecule has 0 saturated carbocycles. The number of aliphatic imine (C=N–C) groups is 1. The van der Waals surface area contributed by atoms with E-state index in [9.17, 15) is 4.79 Å². The van der Waals surface area contributed by atoms with Gasteiger partial charge in [-0.3, -0.25) is 4.79 Å². The smallest absolute Gasteiger partial charge is 0.264 e. The summed E-state index contributed by atoms with van der Waals surface area (Å²) < 4.78 is 6.01. The van der Waals surface area contributed by atoms with Crippen molar-refractivity contribution in [3.8, 4) is 5.75 Å². The van der Waals surface area contributed by atoms with E-state index in [1.54, 1.807) is 12.3 Å². The maximum absolute atomic E-state index is 12.4. The fourth-order valence-electron chi connectivity index (χ4n) is 3.66. The number of aromatic amines is 1. The van der Waals surface area contributed by atoms with Gasteiger partial charge in [0, 0.05) is 42.5 Å². The number of carbonyl (C=O) groups is 1. The van der Waals surface area contributed by atoms with Crippen LogP contribution in [0.2, 0.25) is 5.02 Å². The molecule has 9 heteroatoms. The highest BCUT2D eigenvalue weighted by atomic mass is 35.5. The molecule has 2 fully saturated rings. The number of halogens is 1. The number of likely N-dealkylation sites (N-methyl/N-ethyl adjacent to an activating group) is 1. The standard InChI is InChI=1S/C22H20ClN5O2S/c1-28-8-6-15(12-28)30-14-4-5-18(17(23)10-14)26-22-27-21(29)19(31-22)9-13-11-25-20-16(13)3-2-7-24-20/h2-5,7,9-11,15H,6,8,12H2,1H3,(H,24,25)(H,26,27,29)/b19-9-. The molecule has 2 aliphatic rings. The van der Waals surface area contributed by atoms with Gasteiger partial charge in [-0.2, -0.15) is 0 Å². The van der Waals surface area contributed by atoms with Gasteiger partial charge in [0.15, 0.2) is 5.17 Å². The molecule has 3 aromatic rings. The second kappa shape index (κ2) is 8.37. The monoisotopic (exact) mass is 453 g/mol. The number of thioether (sulfide) groups is 1. The Morgan fingerprint density at radius 1 is 1.39 bits per heavy atom. The zero-order valence-electron chi connectivity index (χ0n) is 16.8. The molecule has 1 aromatic carbocycles. The molecule has 0 bridgehead atoms. The van der Waals surface area contributed by atoms with E-state index in [0.29, 0.717) is 20.8 Å². The van der Waals surface area contributed by atoms with Crippen LogP contribution >= 0.6 is 23.4 Å². The van der Waals surface area contributed by atoms with Gasteiger partial charge in [0.1, 0.15) is 17.5 Å². The summed E-state index contributed by atoms with van der Waals surface area (Å²) in [6.07, 6.45) is 6.58. The van der Waals surface area contributed by atoms with E-state index in [1.807, 2.05) is 36.5 Å². The van der Waals surface area contributed by atoms with Crippen LogP contribution in [0.1, 0.15) is 12.0 Å². The number of benzene rings is 1. The molecule has 31 heavy (non-hydrogen) atoms. The topological polar surface area (TPSA) is 82.6 Å². The quantitative estimate of drug-likeness (QED) is 0.579. The Hall–Kier alpha value is -2.81. The molecule has 0 radical (unpaired) electrons. The summed E-state index contributed by atoms with van der Waals surface area (Å²) in [5, 5.41) is 4.73. The van der Waals surface area contributed by atoms with Gasteiger partial charge in [-0.15, -0.1) is 0 Å². The molecule has 7 nitrogen and oxygen atoms in total. The zero-order chi connectivity index (χ0) is 21.4. The van der Waals surface area contributed by atoms with Crippen LogP contribution in [0.5, 0.6) is 5.75 Å². The van der Waals surface area contributed by atoms with Gasteiger partial charge in [0.05, 0.1) is 15.6 Å². The summed E-state index contributed by atoms with van der Waals surface area (Å²) in [5.74, 6) is 0.536. The molecular formula is C22H20ClN5O2S. The fourth-order valence-corrected chi connectivity index (χ4v) is 4.70. The van der Waals surface area contributed by atoms with Gasteiger partial charge in [-0.25, -0.2) is 9.98 Å². The number of amidine groups is 1. The van der Waals surface area contributed by atoms with Crippen molar-refractivity contribution < 1.29 is 9.53 Å². The van der Waals surface area contributed by atoms with E-state index < -0.39 is 0 Å². The lowest BCUT2D eigenvalue weighted by Gasteiger charge is -2.14. The summed E-state index contributed by atoms with van der Waals surface area (Å²) in [4.78, 5) is 27.1. The van der Waals surface area contributed by atoms with Crippen LogP contribution in [-0.4, -0.2) is 52.2 Å². The van der Waals surface area contributed by atoms with E-state index >= 15 is 0 Å². The molecule has 1 amide bonds. The molecule has 4 heterocycles. The van der Waals surface area contributed by atoms with Crippen molar-refractivity contribution >= 4 is 57.2 Å². The van der Waals surface area contributed by atoms with Crippen molar-refractivity contribution in [1.29, 1.82) is 0 Å². The van der Waals surface area contributed by atoms with Gasteiger partial charge in [-0.1, -0.05) is 11.6 Å². The van der Waals surface area contributed by atoms with E-state index in [0.717, 1.165) is 41.9 Å². The van der Waals surface area contributed by atoms with Crippen LogP contribution in [0.3, 0.4) is 0 Å². The first-order valence-electron chi connectivity index (χ1n) is 9.91. The van der Waals surface area contributed by atoms with Crippen molar-refractivity contribution in [2.24, 2.45) is 4.99 Å². The number of aromatic nitrogens is 2. The first-order valence-corrected chi connectivity index (χ1v) is 11.1. The minimum absolute atomic E-state index is 0.176. The zero-order valence-corrected chi connectivity index (χ0v) is 18.3. The number of hydrogen-bond donors (Lipinski definition) is 2. The minimum Gasteiger partial charge on any atom is -0.489 e. The maximum atomic E-state index is 12.4. The molecule has 0 aliphatic carbocycles. The highest BCUT2D eigenvalue weighted by Crippen LogP contribution is 2.34. The number of likely N-dealkylation sites (tertiary alicyclic amines) is 1. The number of amides is 1. The Morgan fingerprint density at radius 2 is 2.29 bits per heavy atom. The highest BCUT2D eigenvalue weighted by molar-refractivity contribution is 8.18. The lowest BCUT2D eigenvalue weighted by molar-refractivity contribution is -0.115. The molecule has 1 unspecified atom stereocenters. The Morgan fingerprint density at radius 3 is 3.10 bits per heavy atom.